The van der Waals surface area contributed by atoms with Crippen LogP contribution in [0.5, 0.6) is 0 Å². The van der Waals surface area contributed by atoms with Crippen LogP contribution < -0.4 is 10.9 Å². The minimum atomic E-state index is 0.173. The molecular formula is C21H30N4O. The number of nitrogens with zero attached hydrogens (tertiary/aromatic N) is 3. The van der Waals surface area contributed by atoms with Crippen molar-refractivity contribution < 1.29 is 0 Å². The number of likely N-dealkylation sites (N-methyl/N-ethyl adjacent to an activating group) is 1. The Hall–Kier alpha value is -1.98. The molecule has 0 atom stereocenters. The second-order valence-electron chi connectivity index (χ2n) is 7.34. The summed E-state index contributed by atoms with van der Waals surface area (Å²) in [5.74, 6) is 0.939. The van der Waals surface area contributed by atoms with Gasteiger partial charge < -0.3 is 10.2 Å². The zero-order chi connectivity index (χ0) is 18.4. The van der Waals surface area contributed by atoms with E-state index in [1.807, 2.05) is 22.8 Å². The van der Waals surface area contributed by atoms with Crippen LogP contribution in [-0.4, -0.2) is 48.2 Å². The van der Waals surface area contributed by atoms with Gasteiger partial charge in [-0.25, -0.2) is 4.98 Å². The van der Waals surface area contributed by atoms with E-state index in [0.29, 0.717) is 6.54 Å². The predicted octanol–water partition coefficient (Wildman–Crippen LogP) is 1.86. The summed E-state index contributed by atoms with van der Waals surface area (Å²) in [6.07, 6.45) is 4.71. The largest absolute Gasteiger partial charge is 0.315 e. The zero-order valence-corrected chi connectivity index (χ0v) is 16.0. The standard InChI is InChI=1S/C21H30N4O/c1-24(2)15-14-22-13-7-12-20-23-19-11-6-10-18(19)21(26)25(20)16-17-8-4-3-5-9-17/h3-5,8-9,22H,6-7,10-16H2,1-2H3. The third-order valence-corrected chi connectivity index (χ3v) is 4.94. The summed E-state index contributed by atoms with van der Waals surface area (Å²) in [5.41, 5.74) is 3.30. The molecule has 2 aromatic rings. The van der Waals surface area contributed by atoms with Gasteiger partial charge in [0.15, 0.2) is 0 Å². The lowest BCUT2D eigenvalue weighted by Crippen LogP contribution is -2.30. The molecule has 1 aromatic carbocycles. The molecule has 1 N–H and O–H groups in total. The molecule has 1 heterocycles. The van der Waals surface area contributed by atoms with Gasteiger partial charge in [-0.2, -0.15) is 0 Å². The minimum absolute atomic E-state index is 0.173. The second-order valence-corrected chi connectivity index (χ2v) is 7.34. The molecule has 0 spiro atoms. The van der Waals surface area contributed by atoms with E-state index in [2.05, 4.69) is 36.4 Å². The van der Waals surface area contributed by atoms with Gasteiger partial charge in [0.1, 0.15) is 5.82 Å². The van der Waals surface area contributed by atoms with E-state index in [0.717, 1.165) is 74.4 Å². The lowest BCUT2D eigenvalue weighted by molar-refractivity contribution is 0.399. The molecule has 0 fully saturated rings. The quantitative estimate of drug-likeness (QED) is 0.699. The average molecular weight is 354 g/mol. The predicted molar refractivity (Wildman–Crippen MR) is 106 cm³/mol. The molecule has 0 bridgehead atoms. The van der Waals surface area contributed by atoms with Crippen molar-refractivity contribution in [3.05, 3.63) is 63.3 Å². The maximum Gasteiger partial charge on any atom is 0.257 e. The van der Waals surface area contributed by atoms with Gasteiger partial charge in [-0.3, -0.25) is 9.36 Å². The Balaban J connectivity index is 1.71. The van der Waals surface area contributed by atoms with Crippen molar-refractivity contribution in [3.63, 3.8) is 0 Å². The maximum absolute atomic E-state index is 13.0. The second kappa shape index (κ2) is 9.10. The summed E-state index contributed by atoms with van der Waals surface area (Å²) >= 11 is 0. The van der Waals surface area contributed by atoms with Gasteiger partial charge in [0, 0.05) is 25.1 Å². The molecule has 0 unspecified atom stereocenters. The molecule has 3 rings (SSSR count). The van der Waals surface area contributed by atoms with Crippen LogP contribution in [0.2, 0.25) is 0 Å². The number of aryl methyl sites for hydroxylation is 2. The molecule has 0 aliphatic heterocycles. The van der Waals surface area contributed by atoms with Crippen LogP contribution in [0.25, 0.3) is 0 Å². The summed E-state index contributed by atoms with van der Waals surface area (Å²) in [7, 11) is 4.16. The van der Waals surface area contributed by atoms with E-state index in [-0.39, 0.29) is 5.56 Å². The van der Waals surface area contributed by atoms with E-state index in [1.54, 1.807) is 0 Å². The van der Waals surface area contributed by atoms with E-state index in [4.69, 9.17) is 4.98 Å². The van der Waals surface area contributed by atoms with Gasteiger partial charge in [-0.05, 0) is 51.9 Å². The first-order chi connectivity index (χ1) is 12.6. The Labute approximate surface area is 156 Å². The van der Waals surface area contributed by atoms with Crippen LogP contribution >= 0.6 is 0 Å². The molecule has 1 aliphatic rings. The van der Waals surface area contributed by atoms with E-state index in [9.17, 15) is 4.79 Å². The van der Waals surface area contributed by atoms with Crippen LogP contribution in [0.1, 0.15) is 35.5 Å². The van der Waals surface area contributed by atoms with Gasteiger partial charge >= 0.3 is 0 Å². The van der Waals surface area contributed by atoms with E-state index < -0.39 is 0 Å². The van der Waals surface area contributed by atoms with Crippen molar-refractivity contribution >= 4 is 0 Å². The lowest BCUT2D eigenvalue weighted by atomic mass is 10.2. The third kappa shape index (κ3) is 4.80. The molecule has 140 valence electrons. The van der Waals surface area contributed by atoms with E-state index in [1.165, 1.54) is 0 Å². The minimum Gasteiger partial charge on any atom is -0.315 e. The van der Waals surface area contributed by atoms with Crippen molar-refractivity contribution in [3.8, 4) is 0 Å². The van der Waals surface area contributed by atoms with Crippen molar-refractivity contribution in [2.24, 2.45) is 0 Å². The molecule has 1 aromatic heterocycles. The van der Waals surface area contributed by atoms with Gasteiger partial charge in [0.25, 0.3) is 5.56 Å². The number of hydrogen-bond acceptors (Lipinski definition) is 4. The number of fused-ring (bicyclic) bond motifs is 1. The highest BCUT2D eigenvalue weighted by Crippen LogP contribution is 2.18. The van der Waals surface area contributed by atoms with Crippen LogP contribution in [0.15, 0.2) is 35.1 Å². The third-order valence-electron chi connectivity index (χ3n) is 4.94. The monoisotopic (exact) mass is 354 g/mol. The molecular weight excluding hydrogens is 324 g/mol. The van der Waals surface area contributed by atoms with Crippen LogP contribution in [0, 0.1) is 0 Å². The number of nitrogens with one attached hydrogen (secondary N) is 1. The Bertz CT molecular complexity index is 768. The van der Waals surface area contributed by atoms with Crippen molar-refractivity contribution in [1.29, 1.82) is 0 Å². The fourth-order valence-electron chi connectivity index (χ4n) is 3.50. The Morgan fingerprint density at radius 1 is 1.15 bits per heavy atom. The molecule has 26 heavy (non-hydrogen) atoms. The van der Waals surface area contributed by atoms with Gasteiger partial charge in [-0.1, -0.05) is 30.3 Å². The van der Waals surface area contributed by atoms with Gasteiger partial charge in [0.05, 0.1) is 12.2 Å². The fraction of sp³-hybridized carbons (Fsp3) is 0.524. The van der Waals surface area contributed by atoms with Gasteiger partial charge in [-0.15, -0.1) is 0 Å². The molecule has 5 heteroatoms. The summed E-state index contributed by atoms with van der Waals surface area (Å²) in [5, 5.41) is 3.47. The fourth-order valence-corrected chi connectivity index (χ4v) is 3.50. The molecule has 0 amide bonds. The summed E-state index contributed by atoms with van der Waals surface area (Å²) in [6.45, 7) is 3.59. The van der Waals surface area contributed by atoms with Crippen molar-refractivity contribution in [2.45, 2.75) is 38.6 Å². The highest BCUT2D eigenvalue weighted by molar-refractivity contribution is 5.25. The Morgan fingerprint density at radius 3 is 2.73 bits per heavy atom. The first-order valence-corrected chi connectivity index (χ1v) is 9.66. The summed E-state index contributed by atoms with van der Waals surface area (Å²) < 4.78 is 1.90. The summed E-state index contributed by atoms with van der Waals surface area (Å²) in [6, 6.07) is 10.2. The van der Waals surface area contributed by atoms with Crippen molar-refractivity contribution in [2.75, 3.05) is 33.7 Å². The Kier molecular flexibility index (Phi) is 6.58. The zero-order valence-electron chi connectivity index (χ0n) is 16.0. The SMILES string of the molecule is CN(C)CCNCCCc1nc2c(c(=O)n1Cc1ccccc1)CCC2. The number of benzene rings is 1. The lowest BCUT2D eigenvalue weighted by Gasteiger charge is -2.15. The highest BCUT2D eigenvalue weighted by Gasteiger charge is 2.20. The first kappa shape index (κ1) is 18.8. The number of hydrogen-bond donors (Lipinski definition) is 1. The normalized spacial score (nSPS) is 13.3. The van der Waals surface area contributed by atoms with Gasteiger partial charge in [0.2, 0.25) is 0 Å². The maximum atomic E-state index is 13.0. The van der Waals surface area contributed by atoms with Crippen LogP contribution in [0.3, 0.4) is 0 Å². The molecule has 0 radical (unpaired) electrons. The number of rotatable bonds is 9. The molecule has 0 saturated carbocycles. The smallest absolute Gasteiger partial charge is 0.257 e. The molecule has 0 saturated heterocycles. The first-order valence-electron chi connectivity index (χ1n) is 9.66. The topological polar surface area (TPSA) is 50.2 Å². The Morgan fingerprint density at radius 2 is 1.96 bits per heavy atom. The van der Waals surface area contributed by atoms with Crippen LogP contribution in [0.4, 0.5) is 0 Å². The van der Waals surface area contributed by atoms with E-state index >= 15 is 0 Å². The summed E-state index contributed by atoms with van der Waals surface area (Å²) in [4.78, 5) is 20.1. The molecule has 5 nitrogen and oxygen atoms in total. The number of aromatic nitrogens is 2. The molecule has 1 aliphatic carbocycles. The highest BCUT2D eigenvalue weighted by atomic mass is 16.1. The van der Waals surface area contributed by atoms with Crippen LogP contribution in [-0.2, 0) is 25.8 Å². The average Bonchev–Trinajstić information content (AvgIpc) is 3.10. The van der Waals surface area contributed by atoms with Crippen molar-refractivity contribution in [1.82, 2.24) is 19.8 Å².